The summed E-state index contributed by atoms with van der Waals surface area (Å²) in [6.45, 7) is 18.3. The minimum absolute atomic E-state index is 0.0162. The van der Waals surface area contributed by atoms with Crippen LogP contribution in [0.4, 0.5) is 0 Å². The van der Waals surface area contributed by atoms with Crippen LogP contribution in [0.1, 0.15) is 84.9 Å². The van der Waals surface area contributed by atoms with Crippen LogP contribution in [0, 0.1) is 18.8 Å². The van der Waals surface area contributed by atoms with Crippen LogP contribution in [0.15, 0.2) is 54.6 Å². The second-order valence-electron chi connectivity index (χ2n) is 13.0. The second-order valence-corrected chi connectivity index (χ2v) is 13.0. The molecule has 39 heavy (non-hydrogen) atoms. The van der Waals surface area contributed by atoms with Gasteiger partial charge in [-0.3, -0.25) is 9.59 Å². The number of carboxylic acids is 2. The summed E-state index contributed by atoms with van der Waals surface area (Å²) in [5.74, 6) is -2.12. The lowest BCUT2D eigenvalue weighted by molar-refractivity contribution is -0.142. The van der Waals surface area contributed by atoms with Gasteiger partial charge in [-0.2, -0.15) is 0 Å². The predicted octanol–water partition coefficient (Wildman–Crippen LogP) is 6.50. The normalized spacial score (nSPS) is 14.9. The van der Waals surface area contributed by atoms with E-state index in [1.54, 1.807) is 13.8 Å². The van der Waals surface area contributed by atoms with Crippen LogP contribution in [0.5, 0.6) is 0 Å². The van der Waals surface area contributed by atoms with Crippen molar-refractivity contribution >= 4 is 11.9 Å². The van der Waals surface area contributed by atoms with E-state index in [-0.39, 0.29) is 35.0 Å². The number of aryl methyl sites for hydroxylation is 1. The molecule has 0 spiro atoms. The SMILES string of the molecule is C[C@@H](C[C@H](Cc1ccccc1)NC(C)(C)C)C(=O)O.Cc1ccc(C[C@@H](C[C@H](C)C(=O)O)NC(C)(C)C)cc1. The van der Waals surface area contributed by atoms with Crippen LogP contribution in [0.3, 0.4) is 0 Å². The van der Waals surface area contributed by atoms with E-state index in [9.17, 15) is 9.59 Å². The molecule has 0 aromatic heterocycles. The van der Waals surface area contributed by atoms with E-state index in [2.05, 4.69) is 95.5 Å². The molecule has 0 fully saturated rings. The summed E-state index contributed by atoms with van der Waals surface area (Å²) < 4.78 is 0. The van der Waals surface area contributed by atoms with Crippen molar-refractivity contribution < 1.29 is 19.8 Å². The van der Waals surface area contributed by atoms with E-state index in [1.807, 2.05) is 18.2 Å². The Balaban J connectivity index is 0.000000391. The molecule has 0 aliphatic rings. The monoisotopic (exact) mass is 540 g/mol. The van der Waals surface area contributed by atoms with Crippen molar-refractivity contribution in [3.63, 3.8) is 0 Å². The van der Waals surface area contributed by atoms with Gasteiger partial charge in [0.15, 0.2) is 0 Å². The van der Waals surface area contributed by atoms with Crippen molar-refractivity contribution in [3.8, 4) is 0 Å². The highest BCUT2D eigenvalue weighted by Crippen LogP contribution is 2.17. The lowest BCUT2D eigenvalue weighted by Crippen LogP contribution is -2.45. The maximum atomic E-state index is 11.1. The van der Waals surface area contributed by atoms with E-state index in [1.165, 1.54) is 16.7 Å². The van der Waals surface area contributed by atoms with Crippen LogP contribution >= 0.6 is 0 Å². The van der Waals surface area contributed by atoms with Crippen LogP contribution in [-0.4, -0.2) is 45.3 Å². The summed E-state index contributed by atoms with van der Waals surface area (Å²) in [5.41, 5.74) is 3.69. The summed E-state index contributed by atoms with van der Waals surface area (Å²) >= 11 is 0. The summed E-state index contributed by atoms with van der Waals surface area (Å²) in [5, 5.41) is 25.2. The largest absolute Gasteiger partial charge is 0.481 e. The van der Waals surface area contributed by atoms with Crippen LogP contribution in [-0.2, 0) is 22.4 Å². The molecule has 0 aliphatic heterocycles. The second kappa shape index (κ2) is 15.8. The van der Waals surface area contributed by atoms with E-state index in [0.29, 0.717) is 12.8 Å². The molecule has 0 saturated heterocycles. The average Bonchev–Trinajstić information content (AvgIpc) is 2.79. The third-order valence-electron chi connectivity index (χ3n) is 6.32. The fraction of sp³-hybridized carbons (Fsp3) is 0.576. The Morgan fingerprint density at radius 3 is 1.36 bits per heavy atom. The molecule has 0 heterocycles. The van der Waals surface area contributed by atoms with Gasteiger partial charge in [0, 0.05) is 23.2 Å². The van der Waals surface area contributed by atoms with Gasteiger partial charge in [0.05, 0.1) is 11.8 Å². The van der Waals surface area contributed by atoms with Crippen molar-refractivity contribution in [1.29, 1.82) is 0 Å². The van der Waals surface area contributed by atoms with Gasteiger partial charge < -0.3 is 20.8 Å². The van der Waals surface area contributed by atoms with Gasteiger partial charge in [-0.15, -0.1) is 0 Å². The molecule has 0 saturated carbocycles. The maximum Gasteiger partial charge on any atom is 0.306 e. The molecule has 2 rings (SSSR count). The number of carboxylic acid groups (broad SMARTS) is 2. The zero-order chi connectivity index (χ0) is 29.8. The molecule has 218 valence electrons. The quantitative estimate of drug-likeness (QED) is 0.245. The highest BCUT2D eigenvalue weighted by atomic mass is 16.4. The number of carbonyl (C=O) groups is 2. The zero-order valence-electron chi connectivity index (χ0n) is 25.5. The first-order valence-electron chi connectivity index (χ1n) is 14.1. The smallest absolute Gasteiger partial charge is 0.306 e. The molecule has 4 N–H and O–H groups in total. The highest BCUT2D eigenvalue weighted by molar-refractivity contribution is 5.69. The van der Waals surface area contributed by atoms with Gasteiger partial charge >= 0.3 is 11.9 Å². The van der Waals surface area contributed by atoms with Crippen molar-refractivity contribution in [2.24, 2.45) is 11.8 Å². The molecule has 6 heteroatoms. The molecule has 0 bridgehead atoms. The van der Waals surface area contributed by atoms with Crippen LogP contribution < -0.4 is 10.6 Å². The van der Waals surface area contributed by atoms with E-state index < -0.39 is 11.9 Å². The third kappa shape index (κ3) is 16.1. The van der Waals surface area contributed by atoms with Crippen molar-refractivity contribution in [2.45, 2.75) is 111 Å². The van der Waals surface area contributed by atoms with E-state index in [0.717, 1.165) is 12.8 Å². The number of rotatable bonds is 12. The fourth-order valence-electron chi connectivity index (χ4n) is 4.57. The third-order valence-corrected chi connectivity index (χ3v) is 6.32. The van der Waals surface area contributed by atoms with Gasteiger partial charge in [-0.1, -0.05) is 74.0 Å². The first kappa shape index (κ1) is 34.3. The predicted molar refractivity (Wildman–Crippen MR) is 161 cm³/mol. The van der Waals surface area contributed by atoms with Crippen LogP contribution in [0.2, 0.25) is 0 Å². The van der Waals surface area contributed by atoms with Gasteiger partial charge in [0.1, 0.15) is 0 Å². The minimum atomic E-state index is -0.728. The van der Waals surface area contributed by atoms with Crippen molar-refractivity contribution in [2.75, 3.05) is 0 Å². The Morgan fingerprint density at radius 1 is 0.667 bits per heavy atom. The first-order valence-corrected chi connectivity index (χ1v) is 14.1. The molecular weight excluding hydrogens is 488 g/mol. The Morgan fingerprint density at radius 2 is 1.03 bits per heavy atom. The lowest BCUT2D eigenvalue weighted by atomic mass is 9.93. The number of hydrogen-bond acceptors (Lipinski definition) is 4. The first-order chi connectivity index (χ1) is 17.9. The minimum Gasteiger partial charge on any atom is -0.481 e. The molecular formula is C33H52N2O4. The summed E-state index contributed by atoms with van der Waals surface area (Å²) in [6, 6.07) is 19.0. The average molecular weight is 541 g/mol. The Kier molecular flexibility index (Phi) is 13.9. The van der Waals surface area contributed by atoms with Crippen LogP contribution in [0.25, 0.3) is 0 Å². The topological polar surface area (TPSA) is 98.7 Å². The molecule has 2 aromatic rings. The molecule has 2 aromatic carbocycles. The number of hydrogen-bond donors (Lipinski definition) is 4. The van der Waals surface area contributed by atoms with Gasteiger partial charge in [-0.25, -0.2) is 0 Å². The van der Waals surface area contributed by atoms with E-state index in [4.69, 9.17) is 10.2 Å². The molecule has 0 radical (unpaired) electrons. The fourth-order valence-corrected chi connectivity index (χ4v) is 4.57. The molecule has 4 atom stereocenters. The Hall–Kier alpha value is -2.70. The van der Waals surface area contributed by atoms with Gasteiger partial charge in [0.2, 0.25) is 0 Å². The van der Waals surface area contributed by atoms with Crippen molar-refractivity contribution in [1.82, 2.24) is 10.6 Å². The van der Waals surface area contributed by atoms with Crippen molar-refractivity contribution in [3.05, 3.63) is 71.3 Å². The summed E-state index contributed by atoms with van der Waals surface area (Å²) in [7, 11) is 0. The molecule has 0 amide bonds. The molecule has 0 aliphatic carbocycles. The number of benzene rings is 2. The van der Waals surface area contributed by atoms with Gasteiger partial charge in [-0.05, 0) is 85.3 Å². The Bertz CT molecular complexity index is 991. The summed E-state index contributed by atoms with van der Waals surface area (Å²) in [6.07, 6.45) is 2.99. The highest BCUT2D eigenvalue weighted by Gasteiger charge is 2.24. The molecule has 0 unspecified atom stereocenters. The molecule has 6 nitrogen and oxygen atoms in total. The Labute approximate surface area is 236 Å². The van der Waals surface area contributed by atoms with Gasteiger partial charge in [0.25, 0.3) is 0 Å². The van der Waals surface area contributed by atoms with E-state index >= 15 is 0 Å². The number of aliphatic carboxylic acids is 2. The number of nitrogens with one attached hydrogen (secondary N) is 2. The standard InChI is InChI=1S/C17H27NO2.C16H25NO2/c1-12-6-8-14(9-7-12)11-15(18-17(3,4)5)10-13(2)16(19)20;1-12(15(18)19)10-14(17-16(2,3)4)11-13-8-6-5-7-9-13/h6-9,13,15,18H,10-11H2,1-5H3,(H,19,20);5-9,12,14,17H,10-11H2,1-4H3,(H,18,19)/t13-,15+;12-,14+/m00/s1. The maximum absolute atomic E-state index is 11.1. The zero-order valence-corrected chi connectivity index (χ0v) is 25.5. The summed E-state index contributed by atoms with van der Waals surface area (Å²) in [4.78, 5) is 22.1. The lowest BCUT2D eigenvalue weighted by Gasteiger charge is -2.30.